The maximum absolute atomic E-state index is 11.0. The average Bonchev–Trinajstić information content (AvgIpc) is 2.35. The number of hydrogen-bond acceptors (Lipinski definition) is 3. The van der Waals surface area contributed by atoms with Crippen molar-refractivity contribution in [3.8, 4) is 0 Å². The first-order chi connectivity index (χ1) is 8.99. The van der Waals surface area contributed by atoms with Crippen LogP contribution in [0, 0.1) is 0 Å². The number of carboxylic acid groups (broad SMARTS) is 1. The van der Waals surface area contributed by atoms with Gasteiger partial charge in [0.15, 0.2) is 5.11 Å². The number of nitrogens with two attached hydrogens (primary N) is 1. The molecule has 1 atom stereocenters. The van der Waals surface area contributed by atoms with Crippen LogP contribution in [0.15, 0.2) is 0 Å². The minimum atomic E-state index is -1.03. The molecule has 6 nitrogen and oxygen atoms in total. The van der Waals surface area contributed by atoms with Gasteiger partial charge in [-0.1, -0.05) is 19.3 Å². The quantitative estimate of drug-likeness (QED) is 0.530. The van der Waals surface area contributed by atoms with Gasteiger partial charge >= 0.3 is 5.97 Å². The molecular weight excluding hydrogens is 266 g/mol. The lowest BCUT2D eigenvalue weighted by molar-refractivity contribution is -0.139. The Morgan fingerprint density at radius 3 is 2.47 bits per heavy atom. The number of carbonyl (C=O) groups is 2. The third-order valence-corrected chi connectivity index (χ3v) is 3.46. The van der Waals surface area contributed by atoms with Gasteiger partial charge in [-0.3, -0.25) is 4.79 Å². The molecular formula is C12H21N3O3S. The van der Waals surface area contributed by atoms with Crippen LogP contribution < -0.4 is 16.4 Å². The number of nitrogens with one attached hydrogen (secondary N) is 2. The number of aliphatic carboxylic acids is 1. The van der Waals surface area contributed by atoms with Crippen LogP contribution in [-0.2, 0) is 9.59 Å². The summed E-state index contributed by atoms with van der Waals surface area (Å²) in [4.78, 5) is 21.7. The van der Waals surface area contributed by atoms with Crippen molar-refractivity contribution in [1.82, 2.24) is 10.6 Å². The molecule has 0 aromatic rings. The van der Waals surface area contributed by atoms with Gasteiger partial charge in [0.2, 0.25) is 5.91 Å². The number of primary amides is 1. The number of hydrogen-bond donors (Lipinski definition) is 4. The smallest absolute Gasteiger partial charge is 0.326 e. The first-order valence-electron chi connectivity index (χ1n) is 6.57. The van der Waals surface area contributed by atoms with Gasteiger partial charge in [-0.2, -0.15) is 0 Å². The van der Waals surface area contributed by atoms with Gasteiger partial charge in [0.1, 0.15) is 6.04 Å². The van der Waals surface area contributed by atoms with Gasteiger partial charge in [0.05, 0.1) is 0 Å². The molecule has 7 heteroatoms. The van der Waals surface area contributed by atoms with E-state index in [1.807, 2.05) is 0 Å². The zero-order chi connectivity index (χ0) is 14.3. The lowest BCUT2D eigenvalue weighted by Gasteiger charge is -2.25. The highest BCUT2D eigenvalue weighted by Crippen LogP contribution is 2.17. The Balaban J connectivity index is 2.37. The van der Waals surface area contributed by atoms with E-state index in [4.69, 9.17) is 23.1 Å². The molecule has 0 heterocycles. The average molecular weight is 287 g/mol. The number of amides is 1. The number of carboxylic acids is 1. The van der Waals surface area contributed by atoms with Crippen LogP contribution in [0.3, 0.4) is 0 Å². The van der Waals surface area contributed by atoms with E-state index in [2.05, 4.69) is 10.6 Å². The van der Waals surface area contributed by atoms with Crippen LogP contribution in [0.5, 0.6) is 0 Å². The third-order valence-electron chi connectivity index (χ3n) is 3.22. The molecule has 1 fully saturated rings. The molecule has 0 saturated heterocycles. The number of rotatable bonds is 6. The van der Waals surface area contributed by atoms with Gasteiger partial charge < -0.3 is 21.5 Å². The fourth-order valence-corrected chi connectivity index (χ4v) is 2.49. The Labute approximate surface area is 118 Å². The summed E-state index contributed by atoms with van der Waals surface area (Å²) in [6, 6.07) is -0.560. The predicted octanol–water partition coefficient (Wildman–Crippen LogP) is 0.502. The van der Waals surface area contributed by atoms with Crippen LogP contribution in [0.25, 0.3) is 0 Å². The van der Waals surface area contributed by atoms with Crippen molar-refractivity contribution in [2.24, 2.45) is 5.73 Å². The summed E-state index contributed by atoms with van der Waals surface area (Å²) >= 11 is 5.11. The Morgan fingerprint density at radius 1 is 1.32 bits per heavy atom. The SMILES string of the molecule is NC(=O)CC[C@@H](NC(=S)NC1CCCCC1)C(=O)O. The molecule has 5 N–H and O–H groups in total. The van der Waals surface area contributed by atoms with Crippen molar-refractivity contribution in [1.29, 1.82) is 0 Å². The minimum absolute atomic E-state index is 0.0238. The largest absolute Gasteiger partial charge is 0.480 e. The Hall–Kier alpha value is -1.37. The van der Waals surface area contributed by atoms with Crippen molar-refractivity contribution in [2.45, 2.75) is 57.0 Å². The molecule has 0 unspecified atom stereocenters. The summed E-state index contributed by atoms with van der Waals surface area (Å²) < 4.78 is 0. The molecule has 19 heavy (non-hydrogen) atoms. The fraction of sp³-hybridized carbons (Fsp3) is 0.750. The molecule has 1 aliphatic rings. The van der Waals surface area contributed by atoms with Crippen LogP contribution in [0.4, 0.5) is 0 Å². The molecule has 0 aromatic heterocycles. The molecule has 108 valence electrons. The fourth-order valence-electron chi connectivity index (χ4n) is 2.18. The monoisotopic (exact) mass is 287 g/mol. The first kappa shape index (κ1) is 15.7. The molecule has 1 rings (SSSR count). The Bertz CT molecular complexity index is 343. The van der Waals surface area contributed by atoms with E-state index in [-0.39, 0.29) is 12.8 Å². The molecule has 0 radical (unpaired) electrons. The summed E-state index contributed by atoms with van der Waals surface area (Å²) in [6.07, 6.45) is 5.86. The maximum Gasteiger partial charge on any atom is 0.326 e. The van der Waals surface area contributed by atoms with Crippen molar-refractivity contribution in [3.05, 3.63) is 0 Å². The zero-order valence-corrected chi connectivity index (χ0v) is 11.7. The highest BCUT2D eigenvalue weighted by Gasteiger charge is 2.20. The number of carbonyl (C=O) groups excluding carboxylic acids is 1. The first-order valence-corrected chi connectivity index (χ1v) is 6.98. The predicted molar refractivity (Wildman–Crippen MR) is 75.6 cm³/mol. The van der Waals surface area contributed by atoms with E-state index in [9.17, 15) is 9.59 Å². The highest BCUT2D eigenvalue weighted by atomic mass is 32.1. The van der Waals surface area contributed by atoms with Crippen molar-refractivity contribution >= 4 is 29.2 Å². The van der Waals surface area contributed by atoms with Crippen LogP contribution in [0.2, 0.25) is 0 Å². The lowest BCUT2D eigenvalue weighted by atomic mass is 9.96. The molecule has 0 spiro atoms. The summed E-state index contributed by atoms with van der Waals surface area (Å²) in [6.45, 7) is 0. The van der Waals surface area contributed by atoms with Crippen molar-refractivity contribution in [2.75, 3.05) is 0 Å². The van der Waals surface area contributed by atoms with Gasteiger partial charge in [-0.25, -0.2) is 4.79 Å². The molecule has 0 aliphatic heterocycles. The van der Waals surface area contributed by atoms with E-state index in [1.54, 1.807) is 0 Å². The van der Waals surface area contributed by atoms with Gasteiger partial charge in [-0.05, 0) is 31.5 Å². The van der Waals surface area contributed by atoms with E-state index in [0.717, 1.165) is 12.8 Å². The minimum Gasteiger partial charge on any atom is -0.480 e. The Kier molecular flexibility index (Phi) is 6.55. The standard InChI is InChI=1S/C12H21N3O3S/c13-10(16)7-6-9(11(17)18)15-12(19)14-8-4-2-1-3-5-8/h8-9H,1-7H2,(H2,13,16)(H,17,18)(H2,14,15,19)/t9-/m1/s1. The summed E-state index contributed by atoms with van der Waals surface area (Å²) in [7, 11) is 0. The summed E-state index contributed by atoms with van der Waals surface area (Å²) in [5, 5.41) is 15.2. The van der Waals surface area contributed by atoms with Gasteiger partial charge in [0.25, 0.3) is 0 Å². The van der Waals surface area contributed by atoms with E-state index >= 15 is 0 Å². The second kappa shape index (κ2) is 7.93. The normalized spacial score (nSPS) is 17.5. The molecule has 1 saturated carbocycles. The van der Waals surface area contributed by atoms with Crippen molar-refractivity contribution in [3.63, 3.8) is 0 Å². The molecule has 1 aliphatic carbocycles. The summed E-state index contributed by atoms with van der Waals surface area (Å²) in [5.74, 6) is -1.55. The molecule has 0 bridgehead atoms. The van der Waals surface area contributed by atoms with Crippen molar-refractivity contribution < 1.29 is 14.7 Å². The van der Waals surface area contributed by atoms with E-state index < -0.39 is 17.9 Å². The zero-order valence-electron chi connectivity index (χ0n) is 10.9. The van der Waals surface area contributed by atoms with Crippen LogP contribution in [0.1, 0.15) is 44.9 Å². The van der Waals surface area contributed by atoms with E-state index in [0.29, 0.717) is 11.2 Å². The maximum atomic E-state index is 11.0. The Morgan fingerprint density at radius 2 is 1.95 bits per heavy atom. The molecule has 0 aromatic carbocycles. The topological polar surface area (TPSA) is 104 Å². The van der Waals surface area contributed by atoms with E-state index in [1.165, 1.54) is 19.3 Å². The highest BCUT2D eigenvalue weighted by molar-refractivity contribution is 7.80. The second-order valence-corrected chi connectivity index (χ2v) is 5.26. The lowest BCUT2D eigenvalue weighted by Crippen LogP contribution is -2.49. The van der Waals surface area contributed by atoms with Gasteiger partial charge in [0, 0.05) is 12.5 Å². The number of thiocarbonyl (C=S) groups is 1. The second-order valence-electron chi connectivity index (χ2n) is 4.85. The van der Waals surface area contributed by atoms with Crippen LogP contribution >= 0.6 is 12.2 Å². The third kappa shape index (κ3) is 6.37. The molecule has 1 amide bonds. The van der Waals surface area contributed by atoms with Crippen LogP contribution in [-0.4, -0.2) is 34.2 Å². The summed E-state index contributed by atoms with van der Waals surface area (Å²) in [5.41, 5.74) is 5.01. The van der Waals surface area contributed by atoms with Gasteiger partial charge in [-0.15, -0.1) is 0 Å².